The van der Waals surface area contributed by atoms with Gasteiger partial charge in [-0.25, -0.2) is 4.98 Å². The molecule has 0 unspecified atom stereocenters. The van der Waals surface area contributed by atoms with Crippen molar-refractivity contribution < 1.29 is 9.59 Å². The number of rotatable bonds is 6. The summed E-state index contributed by atoms with van der Waals surface area (Å²) in [6.07, 6.45) is 1.07. The molecule has 2 atom stereocenters. The van der Waals surface area contributed by atoms with Crippen molar-refractivity contribution >= 4 is 17.5 Å². The average molecular weight is 494 g/mol. The van der Waals surface area contributed by atoms with Crippen LogP contribution in [0.5, 0.6) is 0 Å². The average Bonchev–Trinajstić information content (AvgIpc) is 3.30. The summed E-state index contributed by atoms with van der Waals surface area (Å²) in [4.78, 5) is 35.3. The molecule has 2 amide bonds. The third-order valence-corrected chi connectivity index (χ3v) is 6.84. The molecule has 0 aliphatic carbocycles. The van der Waals surface area contributed by atoms with E-state index < -0.39 is 6.04 Å². The Bertz CT molecular complexity index is 1410. The zero-order valence-corrected chi connectivity index (χ0v) is 21.1. The Morgan fingerprint density at radius 2 is 1.70 bits per heavy atom. The number of carbonyl (C=O) groups excluding carboxylic acids is 2. The molecule has 0 spiro atoms. The van der Waals surface area contributed by atoms with Gasteiger partial charge in [0.15, 0.2) is 0 Å². The minimum atomic E-state index is -0.705. The van der Waals surface area contributed by atoms with E-state index in [1.165, 1.54) is 12.5 Å². The quantitative estimate of drug-likeness (QED) is 0.367. The number of anilines is 1. The number of aryl methyl sites for hydroxylation is 1. The highest BCUT2D eigenvalue weighted by Crippen LogP contribution is 2.34. The standard InChI is InChI=1S/C30H31N5O2/c1-19-28(22-8-4-3-5-9-22)34-29(32-19)27-17-23-10-6-7-11-24(23)18-35(27)30(37)26(31)16-21-12-14-25(15-13-21)33-20(2)36/h3-15,26-27H,16-18,31H2,1-2H3,(H,32,34)(H,33,36)/t26-,27-/m0/s1. The number of benzene rings is 3. The molecule has 1 aromatic heterocycles. The number of H-pyrrole nitrogens is 1. The summed E-state index contributed by atoms with van der Waals surface area (Å²) in [6, 6.07) is 24.8. The monoisotopic (exact) mass is 493 g/mol. The highest BCUT2D eigenvalue weighted by Gasteiger charge is 2.35. The van der Waals surface area contributed by atoms with E-state index in [1.807, 2.05) is 78.6 Å². The van der Waals surface area contributed by atoms with Crippen LogP contribution in [0.3, 0.4) is 0 Å². The molecule has 0 bridgehead atoms. The fraction of sp³-hybridized carbons (Fsp3) is 0.233. The lowest BCUT2D eigenvalue weighted by molar-refractivity contribution is -0.136. The second-order valence-electron chi connectivity index (χ2n) is 9.61. The number of imidazole rings is 1. The van der Waals surface area contributed by atoms with Crippen molar-refractivity contribution in [3.05, 3.63) is 107 Å². The third-order valence-electron chi connectivity index (χ3n) is 6.84. The maximum Gasteiger partial charge on any atom is 0.240 e. The van der Waals surface area contributed by atoms with Crippen molar-refractivity contribution in [1.82, 2.24) is 14.9 Å². The Labute approximate surface area is 216 Å². The zero-order valence-electron chi connectivity index (χ0n) is 21.1. The first-order chi connectivity index (χ1) is 17.9. The molecule has 0 radical (unpaired) electrons. The highest BCUT2D eigenvalue weighted by atomic mass is 16.2. The van der Waals surface area contributed by atoms with E-state index in [0.29, 0.717) is 25.1 Å². The van der Waals surface area contributed by atoms with E-state index in [1.54, 1.807) is 0 Å². The van der Waals surface area contributed by atoms with Gasteiger partial charge < -0.3 is 20.9 Å². The predicted molar refractivity (Wildman–Crippen MR) is 145 cm³/mol. The Kier molecular flexibility index (Phi) is 6.88. The lowest BCUT2D eigenvalue weighted by Crippen LogP contribution is -2.48. The van der Waals surface area contributed by atoms with E-state index in [-0.39, 0.29) is 17.9 Å². The van der Waals surface area contributed by atoms with Gasteiger partial charge in [0.05, 0.1) is 17.8 Å². The molecule has 0 fully saturated rings. The van der Waals surface area contributed by atoms with E-state index >= 15 is 0 Å². The summed E-state index contributed by atoms with van der Waals surface area (Å²) in [6.45, 7) is 3.96. The number of fused-ring (bicyclic) bond motifs is 1. The molecule has 188 valence electrons. The molecule has 1 aliphatic rings. The maximum absolute atomic E-state index is 13.8. The second-order valence-corrected chi connectivity index (χ2v) is 9.61. The minimum absolute atomic E-state index is 0.110. The van der Waals surface area contributed by atoms with Crippen LogP contribution in [0.2, 0.25) is 0 Å². The van der Waals surface area contributed by atoms with E-state index in [0.717, 1.165) is 33.9 Å². The first kappa shape index (κ1) is 24.5. The number of nitrogens with zero attached hydrogens (tertiary/aromatic N) is 2. The molecular formula is C30H31N5O2. The van der Waals surface area contributed by atoms with Crippen molar-refractivity contribution in [2.45, 2.75) is 45.3 Å². The largest absolute Gasteiger partial charge is 0.344 e. The molecule has 4 aromatic rings. The van der Waals surface area contributed by atoms with Crippen LogP contribution in [-0.4, -0.2) is 32.7 Å². The van der Waals surface area contributed by atoms with Crippen LogP contribution in [0.25, 0.3) is 11.3 Å². The third kappa shape index (κ3) is 5.32. The minimum Gasteiger partial charge on any atom is -0.344 e. The number of nitrogens with one attached hydrogen (secondary N) is 2. The zero-order chi connectivity index (χ0) is 25.9. The molecule has 3 aromatic carbocycles. The molecule has 7 nitrogen and oxygen atoms in total. The van der Waals surface area contributed by atoms with Crippen molar-refractivity contribution in [2.24, 2.45) is 5.73 Å². The number of amides is 2. The van der Waals surface area contributed by atoms with Crippen LogP contribution in [0.1, 0.15) is 41.2 Å². The summed E-state index contributed by atoms with van der Waals surface area (Å²) in [5.41, 5.74) is 13.4. The van der Waals surface area contributed by atoms with Crippen LogP contribution in [0, 0.1) is 6.92 Å². The molecule has 2 heterocycles. The smallest absolute Gasteiger partial charge is 0.240 e. The first-order valence-corrected chi connectivity index (χ1v) is 12.5. The summed E-state index contributed by atoms with van der Waals surface area (Å²) < 4.78 is 0. The van der Waals surface area contributed by atoms with Gasteiger partial charge in [0, 0.05) is 36.8 Å². The van der Waals surface area contributed by atoms with Gasteiger partial charge in [-0.05, 0) is 42.2 Å². The summed E-state index contributed by atoms with van der Waals surface area (Å²) in [5, 5.41) is 2.76. The van der Waals surface area contributed by atoms with Crippen LogP contribution < -0.4 is 11.1 Å². The van der Waals surface area contributed by atoms with Crippen molar-refractivity contribution in [3.63, 3.8) is 0 Å². The van der Waals surface area contributed by atoms with E-state index in [2.05, 4.69) is 22.4 Å². The fourth-order valence-electron chi connectivity index (χ4n) is 5.00. The van der Waals surface area contributed by atoms with Gasteiger partial charge in [0.1, 0.15) is 5.82 Å². The van der Waals surface area contributed by atoms with E-state index in [4.69, 9.17) is 10.7 Å². The lowest BCUT2D eigenvalue weighted by atomic mass is 9.92. The Balaban J connectivity index is 1.41. The van der Waals surface area contributed by atoms with Gasteiger partial charge in [-0.3, -0.25) is 9.59 Å². The first-order valence-electron chi connectivity index (χ1n) is 12.5. The molecule has 7 heteroatoms. The van der Waals surface area contributed by atoms with Crippen LogP contribution in [0.4, 0.5) is 5.69 Å². The number of hydrogen-bond acceptors (Lipinski definition) is 4. The van der Waals surface area contributed by atoms with E-state index in [9.17, 15) is 9.59 Å². The van der Waals surface area contributed by atoms with Crippen molar-refractivity contribution in [3.8, 4) is 11.3 Å². The number of carbonyl (C=O) groups is 2. The van der Waals surface area contributed by atoms with Gasteiger partial charge >= 0.3 is 0 Å². The van der Waals surface area contributed by atoms with Crippen LogP contribution in [-0.2, 0) is 29.0 Å². The molecule has 4 N–H and O–H groups in total. The second kappa shape index (κ2) is 10.4. The van der Waals surface area contributed by atoms with Gasteiger partial charge in [0.2, 0.25) is 11.8 Å². The molecule has 5 rings (SSSR count). The van der Waals surface area contributed by atoms with Crippen molar-refractivity contribution in [1.29, 1.82) is 0 Å². The lowest BCUT2D eigenvalue weighted by Gasteiger charge is -2.37. The Morgan fingerprint density at radius 3 is 2.41 bits per heavy atom. The molecule has 0 saturated heterocycles. The van der Waals surface area contributed by atoms with Crippen LogP contribution >= 0.6 is 0 Å². The molecule has 0 saturated carbocycles. The summed E-state index contributed by atoms with van der Waals surface area (Å²) in [7, 11) is 0. The Morgan fingerprint density at radius 1 is 1.03 bits per heavy atom. The topological polar surface area (TPSA) is 104 Å². The number of hydrogen-bond donors (Lipinski definition) is 3. The number of aromatic nitrogens is 2. The molecular weight excluding hydrogens is 462 g/mol. The summed E-state index contributed by atoms with van der Waals surface area (Å²) >= 11 is 0. The highest BCUT2D eigenvalue weighted by molar-refractivity contribution is 5.88. The normalized spacial score (nSPS) is 15.6. The number of nitrogens with two attached hydrogens (primary N) is 1. The van der Waals surface area contributed by atoms with Gasteiger partial charge in [-0.1, -0.05) is 66.7 Å². The Hall–Kier alpha value is -4.23. The van der Waals surface area contributed by atoms with Gasteiger partial charge in [-0.2, -0.15) is 0 Å². The maximum atomic E-state index is 13.8. The van der Waals surface area contributed by atoms with Crippen LogP contribution in [0.15, 0.2) is 78.9 Å². The van der Waals surface area contributed by atoms with Gasteiger partial charge in [0.25, 0.3) is 0 Å². The molecule has 37 heavy (non-hydrogen) atoms. The van der Waals surface area contributed by atoms with Gasteiger partial charge in [-0.15, -0.1) is 0 Å². The SMILES string of the molecule is CC(=O)Nc1ccc(C[C@H](N)C(=O)N2Cc3ccccc3C[C@H]2c2nc(-c3ccccc3)c(C)[nH]2)cc1. The van der Waals surface area contributed by atoms with Crippen molar-refractivity contribution in [2.75, 3.05) is 5.32 Å². The predicted octanol–water partition coefficient (Wildman–Crippen LogP) is 4.54. The number of aromatic amines is 1. The molecule has 1 aliphatic heterocycles. The summed E-state index contributed by atoms with van der Waals surface area (Å²) in [5.74, 6) is 0.534. The fourth-order valence-corrected chi connectivity index (χ4v) is 5.00.